The van der Waals surface area contributed by atoms with Gasteiger partial charge in [-0.1, -0.05) is 0 Å². The number of rotatable bonds is 2. The molecule has 1 aromatic rings. The third-order valence-electron chi connectivity index (χ3n) is 1.68. The number of nitrogens with two attached hydrogens (primary N) is 1. The van der Waals surface area contributed by atoms with Crippen molar-refractivity contribution >= 4 is 27.7 Å². The minimum absolute atomic E-state index is 0.0799. The number of pyridine rings is 1. The van der Waals surface area contributed by atoms with Gasteiger partial charge in [-0.05, 0) is 22.0 Å². The van der Waals surface area contributed by atoms with Crippen LogP contribution in [0.25, 0.3) is 0 Å². The van der Waals surface area contributed by atoms with Gasteiger partial charge in [-0.15, -0.1) is 0 Å². The quantitative estimate of drug-likeness (QED) is 0.666. The highest BCUT2D eigenvalue weighted by Crippen LogP contribution is 2.28. The summed E-state index contributed by atoms with van der Waals surface area (Å²) in [6.07, 6.45) is -2.78. The Balaban J connectivity index is 3.29. The second kappa shape index (κ2) is 4.52. The van der Waals surface area contributed by atoms with E-state index in [-0.39, 0.29) is 16.0 Å². The van der Waals surface area contributed by atoms with Gasteiger partial charge in [0.15, 0.2) is 0 Å². The number of carbonyl (C=O) groups excluding carboxylic acids is 1. The van der Waals surface area contributed by atoms with E-state index in [4.69, 9.17) is 5.73 Å². The first-order valence-corrected chi connectivity index (χ1v) is 4.59. The summed E-state index contributed by atoms with van der Waals surface area (Å²) in [6, 6.07) is 0.961. The lowest BCUT2D eigenvalue weighted by Gasteiger charge is -2.07. The highest BCUT2D eigenvalue weighted by Gasteiger charge is 2.19. The molecule has 0 saturated carbocycles. The fraction of sp³-hybridized carbons (Fsp3) is 0.250. The van der Waals surface area contributed by atoms with E-state index >= 15 is 0 Å². The van der Waals surface area contributed by atoms with Gasteiger partial charge in [0, 0.05) is 0 Å². The summed E-state index contributed by atoms with van der Waals surface area (Å²) in [7, 11) is 1.15. The molecule has 1 heterocycles. The number of halogens is 3. The van der Waals surface area contributed by atoms with Crippen LogP contribution in [-0.4, -0.2) is 18.1 Å². The molecular weight excluding hydrogens is 274 g/mol. The van der Waals surface area contributed by atoms with E-state index < -0.39 is 18.0 Å². The molecule has 0 aliphatic carbocycles. The van der Waals surface area contributed by atoms with E-state index in [1.54, 1.807) is 0 Å². The molecule has 15 heavy (non-hydrogen) atoms. The Hall–Kier alpha value is -1.24. The van der Waals surface area contributed by atoms with Crippen molar-refractivity contribution in [2.24, 2.45) is 0 Å². The van der Waals surface area contributed by atoms with Crippen molar-refractivity contribution in [1.29, 1.82) is 0 Å². The van der Waals surface area contributed by atoms with E-state index in [1.165, 1.54) is 0 Å². The molecule has 7 heteroatoms. The highest BCUT2D eigenvalue weighted by molar-refractivity contribution is 9.10. The lowest BCUT2D eigenvalue weighted by Crippen LogP contribution is -2.08. The highest BCUT2D eigenvalue weighted by atomic mass is 79.9. The normalized spacial score (nSPS) is 10.5. The number of nitrogen functional groups attached to an aromatic ring is 1. The van der Waals surface area contributed by atoms with Crippen LogP contribution in [0.4, 0.5) is 14.6 Å². The van der Waals surface area contributed by atoms with Crippen molar-refractivity contribution in [3.63, 3.8) is 0 Å². The van der Waals surface area contributed by atoms with Crippen LogP contribution in [0.15, 0.2) is 10.7 Å². The van der Waals surface area contributed by atoms with Crippen LogP contribution >= 0.6 is 15.9 Å². The van der Waals surface area contributed by atoms with Crippen molar-refractivity contribution < 1.29 is 18.3 Å². The Kier molecular flexibility index (Phi) is 3.57. The van der Waals surface area contributed by atoms with Crippen LogP contribution < -0.4 is 5.73 Å². The van der Waals surface area contributed by atoms with Gasteiger partial charge in [-0.25, -0.2) is 18.6 Å². The maximum absolute atomic E-state index is 12.4. The van der Waals surface area contributed by atoms with Crippen LogP contribution in [0, 0.1) is 0 Å². The molecule has 0 aliphatic rings. The summed E-state index contributed by atoms with van der Waals surface area (Å²) < 4.78 is 29.3. The van der Waals surface area contributed by atoms with Crippen LogP contribution in [0.2, 0.25) is 0 Å². The topological polar surface area (TPSA) is 65.2 Å². The summed E-state index contributed by atoms with van der Waals surface area (Å²) in [5.74, 6) is -1.07. The number of hydrogen-bond donors (Lipinski definition) is 1. The van der Waals surface area contributed by atoms with Gasteiger partial charge in [0.05, 0.1) is 18.2 Å². The van der Waals surface area contributed by atoms with Gasteiger partial charge in [0.25, 0.3) is 6.43 Å². The maximum Gasteiger partial charge on any atom is 0.340 e. The van der Waals surface area contributed by atoms with Crippen LogP contribution in [0.5, 0.6) is 0 Å². The molecule has 0 saturated heterocycles. The number of anilines is 1. The Morgan fingerprint density at radius 3 is 2.73 bits per heavy atom. The summed E-state index contributed by atoms with van der Waals surface area (Å²) in [4.78, 5) is 14.7. The first-order valence-electron chi connectivity index (χ1n) is 3.79. The van der Waals surface area contributed by atoms with E-state index in [1.807, 2.05) is 0 Å². The molecule has 0 aromatic carbocycles. The molecule has 4 nitrogen and oxygen atoms in total. The third kappa shape index (κ3) is 2.41. The Labute approximate surface area is 92.6 Å². The molecule has 0 aliphatic heterocycles. The molecular formula is C8H7BrF2N2O2. The predicted molar refractivity (Wildman–Crippen MR) is 52.6 cm³/mol. The zero-order valence-electron chi connectivity index (χ0n) is 7.63. The summed E-state index contributed by atoms with van der Waals surface area (Å²) >= 11 is 2.93. The fourth-order valence-corrected chi connectivity index (χ4v) is 1.41. The van der Waals surface area contributed by atoms with Crippen LogP contribution in [0.1, 0.15) is 22.3 Å². The largest absolute Gasteiger partial charge is 0.465 e. The maximum atomic E-state index is 12.4. The molecule has 0 atom stereocenters. The average Bonchev–Trinajstić information content (AvgIpc) is 2.16. The van der Waals surface area contributed by atoms with E-state index in [2.05, 4.69) is 25.7 Å². The van der Waals surface area contributed by atoms with E-state index in [0.717, 1.165) is 13.2 Å². The van der Waals surface area contributed by atoms with Crippen molar-refractivity contribution in [1.82, 2.24) is 4.98 Å². The van der Waals surface area contributed by atoms with E-state index in [0.29, 0.717) is 0 Å². The minimum Gasteiger partial charge on any atom is -0.465 e. The molecule has 0 bridgehead atoms. The second-order valence-electron chi connectivity index (χ2n) is 2.59. The molecule has 82 valence electrons. The van der Waals surface area contributed by atoms with Gasteiger partial charge in [-0.2, -0.15) is 0 Å². The Morgan fingerprint density at radius 1 is 1.67 bits per heavy atom. The number of methoxy groups -OCH3 is 1. The molecule has 2 N–H and O–H groups in total. The molecule has 0 amide bonds. The zero-order valence-corrected chi connectivity index (χ0v) is 9.22. The van der Waals surface area contributed by atoms with E-state index in [9.17, 15) is 13.6 Å². The first kappa shape index (κ1) is 11.8. The molecule has 0 radical (unpaired) electrons. The minimum atomic E-state index is -2.78. The van der Waals surface area contributed by atoms with Crippen LogP contribution in [-0.2, 0) is 4.74 Å². The molecule has 0 fully saturated rings. The van der Waals surface area contributed by atoms with Crippen molar-refractivity contribution in [2.45, 2.75) is 6.43 Å². The number of alkyl halides is 2. The average molecular weight is 281 g/mol. The third-order valence-corrected chi connectivity index (χ3v) is 2.28. The van der Waals surface area contributed by atoms with Gasteiger partial charge in [-0.3, -0.25) is 0 Å². The SMILES string of the molecule is COC(=O)c1cc(C(F)F)c(N)nc1Br. The monoisotopic (exact) mass is 280 g/mol. The lowest BCUT2D eigenvalue weighted by molar-refractivity contribution is 0.0598. The molecule has 1 aromatic heterocycles. The lowest BCUT2D eigenvalue weighted by atomic mass is 10.2. The number of hydrogen-bond acceptors (Lipinski definition) is 4. The Bertz CT molecular complexity index is 398. The number of carbonyl (C=O) groups is 1. The number of aromatic nitrogens is 1. The summed E-state index contributed by atoms with van der Waals surface area (Å²) in [6.45, 7) is 0. The summed E-state index contributed by atoms with van der Waals surface area (Å²) in [5, 5.41) is 0. The van der Waals surface area contributed by atoms with Crippen molar-refractivity contribution in [3.8, 4) is 0 Å². The molecule has 0 spiro atoms. The standard InChI is InChI=1S/C8H7BrF2N2O2/c1-15-8(14)3-2-4(6(10)11)7(12)13-5(3)9/h2,6H,1H3,(H2,12,13). The summed E-state index contributed by atoms with van der Waals surface area (Å²) in [5.41, 5.74) is 4.69. The number of ether oxygens (including phenoxy) is 1. The number of nitrogens with zero attached hydrogens (tertiary/aromatic N) is 1. The van der Waals surface area contributed by atoms with Crippen molar-refractivity contribution in [2.75, 3.05) is 12.8 Å². The fourth-order valence-electron chi connectivity index (χ4n) is 0.947. The van der Waals surface area contributed by atoms with Gasteiger partial charge in [0.1, 0.15) is 10.4 Å². The van der Waals surface area contributed by atoms with Gasteiger partial charge < -0.3 is 10.5 Å². The smallest absolute Gasteiger partial charge is 0.340 e. The molecule has 0 unspecified atom stereocenters. The second-order valence-corrected chi connectivity index (χ2v) is 3.34. The van der Waals surface area contributed by atoms with Crippen molar-refractivity contribution in [3.05, 3.63) is 21.8 Å². The first-order chi connectivity index (χ1) is 6.97. The number of esters is 1. The Morgan fingerprint density at radius 2 is 2.27 bits per heavy atom. The zero-order chi connectivity index (χ0) is 11.6. The van der Waals surface area contributed by atoms with Crippen LogP contribution in [0.3, 0.4) is 0 Å². The predicted octanol–water partition coefficient (Wildman–Crippen LogP) is 2.15. The van der Waals surface area contributed by atoms with Gasteiger partial charge in [0.2, 0.25) is 0 Å². The molecule has 1 rings (SSSR count). The van der Waals surface area contributed by atoms with Gasteiger partial charge >= 0.3 is 5.97 Å².